The molecule has 1 saturated heterocycles. The number of rotatable bonds is 5. The van der Waals surface area contributed by atoms with Crippen molar-refractivity contribution in [3.05, 3.63) is 51.8 Å². The molecule has 8 nitrogen and oxygen atoms in total. The number of aromatic nitrogens is 2. The maximum absolute atomic E-state index is 10.6. The van der Waals surface area contributed by atoms with Crippen LogP contribution in [0.3, 0.4) is 0 Å². The number of non-ortho nitro benzene ring substituents is 1. The number of nitrogens with one attached hydrogen (secondary N) is 1. The second-order valence-corrected chi connectivity index (χ2v) is 5.92. The molecule has 2 aromatic rings. The minimum atomic E-state index is -0.426. The molecule has 1 aliphatic rings. The van der Waals surface area contributed by atoms with Crippen molar-refractivity contribution in [3.8, 4) is 0 Å². The standard InChI is InChI=1S/C17H20N6O2/c1-13-19-16(11-17(20-13)22-9-3-2-4-10-22)21-18-12-14-5-7-15(8-6-14)23(24)25/h5-8,11-12H,2-4,9-10H2,1H3,(H,19,20,21). The quantitative estimate of drug-likeness (QED) is 0.510. The highest BCUT2D eigenvalue weighted by molar-refractivity contribution is 5.80. The van der Waals surface area contributed by atoms with Gasteiger partial charge in [-0.3, -0.25) is 15.5 Å². The Kier molecular flexibility index (Phi) is 5.17. The van der Waals surface area contributed by atoms with Crippen LogP contribution in [-0.2, 0) is 0 Å². The van der Waals surface area contributed by atoms with E-state index >= 15 is 0 Å². The topological polar surface area (TPSA) is 96.5 Å². The van der Waals surface area contributed by atoms with E-state index < -0.39 is 4.92 Å². The zero-order chi connectivity index (χ0) is 17.6. The van der Waals surface area contributed by atoms with Crippen molar-refractivity contribution >= 4 is 23.5 Å². The summed E-state index contributed by atoms with van der Waals surface area (Å²) in [6, 6.07) is 8.09. The molecule has 0 radical (unpaired) electrons. The monoisotopic (exact) mass is 340 g/mol. The molecule has 1 aliphatic heterocycles. The lowest BCUT2D eigenvalue weighted by molar-refractivity contribution is -0.384. The molecule has 0 aliphatic carbocycles. The van der Waals surface area contributed by atoms with E-state index in [1.54, 1.807) is 18.3 Å². The van der Waals surface area contributed by atoms with Gasteiger partial charge in [0, 0.05) is 31.3 Å². The van der Waals surface area contributed by atoms with Gasteiger partial charge < -0.3 is 4.90 Å². The van der Waals surface area contributed by atoms with Gasteiger partial charge in [-0.05, 0) is 43.9 Å². The Balaban J connectivity index is 1.67. The zero-order valence-corrected chi connectivity index (χ0v) is 14.1. The van der Waals surface area contributed by atoms with Crippen molar-refractivity contribution in [2.45, 2.75) is 26.2 Å². The summed E-state index contributed by atoms with van der Waals surface area (Å²) in [6.07, 6.45) is 5.24. The average Bonchev–Trinajstić information content (AvgIpc) is 2.62. The Morgan fingerprint density at radius 3 is 2.60 bits per heavy atom. The van der Waals surface area contributed by atoms with Crippen LogP contribution >= 0.6 is 0 Å². The van der Waals surface area contributed by atoms with Gasteiger partial charge in [-0.15, -0.1) is 0 Å². The molecule has 1 aromatic carbocycles. The normalized spacial score (nSPS) is 14.7. The van der Waals surface area contributed by atoms with Crippen LogP contribution in [0.4, 0.5) is 17.3 Å². The van der Waals surface area contributed by atoms with Gasteiger partial charge in [-0.2, -0.15) is 5.10 Å². The summed E-state index contributed by atoms with van der Waals surface area (Å²) in [5, 5.41) is 14.8. The summed E-state index contributed by atoms with van der Waals surface area (Å²) in [5.74, 6) is 2.24. The molecule has 2 heterocycles. The fourth-order valence-electron chi connectivity index (χ4n) is 2.75. The predicted octanol–water partition coefficient (Wildman–Crippen LogP) is 3.13. The van der Waals surface area contributed by atoms with Gasteiger partial charge in [-0.25, -0.2) is 9.97 Å². The lowest BCUT2D eigenvalue weighted by atomic mass is 10.1. The molecule has 0 unspecified atom stereocenters. The van der Waals surface area contributed by atoms with Crippen molar-refractivity contribution < 1.29 is 4.92 Å². The van der Waals surface area contributed by atoms with Gasteiger partial charge in [0.15, 0.2) is 5.82 Å². The number of hydrogen-bond donors (Lipinski definition) is 1. The third-order valence-electron chi connectivity index (χ3n) is 4.00. The van der Waals surface area contributed by atoms with E-state index in [4.69, 9.17) is 0 Å². The van der Waals surface area contributed by atoms with E-state index in [0.29, 0.717) is 11.6 Å². The maximum Gasteiger partial charge on any atom is 0.269 e. The Bertz CT molecular complexity index is 769. The molecule has 0 spiro atoms. The molecule has 130 valence electrons. The summed E-state index contributed by atoms with van der Waals surface area (Å²) < 4.78 is 0. The molecule has 0 saturated carbocycles. The number of piperidine rings is 1. The number of benzene rings is 1. The van der Waals surface area contributed by atoms with Crippen molar-refractivity contribution in [3.63, 3.8) is 0 Å². The van der Waals surface area contributed by atoms with Crippen molar-refractivity contribution in [2.75, 3.05) is 23.4 Å². The molecular formula is C17H20N6O2. The number of nitro groups is 1. The van der Waals surface area contributed by atoms with Crippen LogP contribution in [0.2, 0.25) is 0 Å². The van der Waals surface area contributed by atoms with Crippen LogP contribution < -0.4 is 10.3 Å². The third kappa shape index (κ3) is 4.50. The third-order valence-corrected chi connectivity index (χ3v) is 4.00. The summed E-state index contributed by atoms with van der Waals surface area (Å²) in [7, 11) is 0. The van der Waals surface area contributed by atoms with Crippen LogP contribution in [0.5, 0.6) is 0 Å². The van der Waals surface area contributed by atoms with Crippen LogP contribution in [0.25, 0.3) is 0 Å². The molecule has 0 atom stereocenters. The van der Waals surface area contributed by atoms with E-state index in [1.165, 1.54) is 31.4 Å². The highest BCUT2D eigenvalue weighted by atomic mass is 16.6. The van der Waals surface area contributed by atoms with Gasteiger partial charge in [0.1, 0.15) is 11.6 Å². The molecule has 1 fully saturated rings. The second-order valence-electron chi connectivity index (χ2n) is 5.92. The molecule has 1 aromatic heterocycles. The Morgan fingerprint density at radius 2 is 1.92 bits per heavy atom. The van der Waals surface area contributed by atoms with E-state index in [1.807, 2.05) is 13.0 Å². The van der Waals surface area contributed by atoms with Crippen molar-refractivity contribution in [1.82, 2.24) is 9.97 Å². The molecule has 0 bridgehead atoms. The van der Waals surface area contributed by atoms with Gasteiger partial charge >= 0.3 is 0 Å². The first-order chi connectivity index (χ1) is 12.1. The Morgan fingerprint density at radius 1 is 1.20 bits per heavy atom. The zero-order valence-electron chi connectivity index (χ0n) is 14.1. The largest absolute Gasteiger partial charge is 0.356 e. The van der Waals surface area contributed by atoms with Gasteiger partial charge in [0.05, 0.1) is 11.1 Å². The summed E-state index contributed by atoms with van der Waals surface area (Å²) in [6.45, 7) is 3.89. The Hall–Kier alpha value is -3.03. The Labute approximate surface area is 145 Å². The molecule has 3 rings (SSSR count). The van der Waals surface area contributed by atoms with Crippen LogP contribution in [0.15, 0.2) is 35.4 Å². The summed E-state index contributed by atoms with van der Waals surface area (Å²) >= 11 is 0. The number of nitro benzene ring substituents is 1. The summed E-state index contributed by atoms with van der Waals surface area (Å²) in [5.41, 5.74) is 3.73. The van der Waals surface area contributed by atoms with Gasteiger partial charge in [0.25, 0.3) is 5.69 Å². The lowest BCUT2D eigenvalue weighted by Crippen LogP contribution is -2.30. The molecular weight excluding hydrogens is 320 g/mol. The van der Waals surface area contributed by atoms with E-state index in [-0.39, 0.29) is 5.69 Å². The SMILES string of the molecule is Cc1nc(NN=Cc2ccc([N+](=O)[O-])cc2)cc(N2CCCCC2)n1. The predicted molar refractivity (Wildman–Crippen MR) is 97.1 cm³/mol. The number of aryl methyl sites for hydroxylation is 1. The van der Waals surface area contributed by atoms with E-state index in [0.717, 1.165) is 24.5 Å². The number of anilines is 2. The fourth-order valence-corrected chi connectivity index (χ4v) is 2.75. The number of hydrazone groups is 1. The lowest BCUT2D eigenvalue weighted by Gasteiger charge is -2.27. The first-order valence-corrected chi connectivity index (χ1v) is 8.26. The minimum absolute atomic E-state index is 0.0581. The van der Waals surface area contributed by atoms with Crippen LogP contribution in [-0.4, -0.2) is 34.2 Å². The van der Waals surface area contributed by atoms with Crippen molar-refractivity contribution in [2.24, 2.45) is 5.10 Å². The van der Waals surface area contributed by atoms with Crippen LogP contribution in [0, 0.1) is 17.0 Å². The number of hydrogen-bond acceptors (Lipinski definition) is 7. The molecule has 25 heavy (non-hydrogen) atoms. The summed E-state index contributed by atoms with van der Waals surface area (Å²) in [4.78, 5) is 21.3. The molecule has 0 amide bonds. The molecule has 1 N–H and O–H groups in total. The average molecular weight is 340 g/mol. The van der Waals surface area contributed by atoms with Crippen molar-refractivity contribution in [1.29, 1.82) is 0 Å². The second kappa shape index (κ2) is 7.69. The minimum Gasteiger partial charge on any atom is -0.356 e. The first-order valence-electron chi connectivity index (χ1n) is 8.26. The highest BCUT2D eigenvalue weighted by Gasteiger charge is 2.13. The smallest absolute Gasteiger partial charge is 0.269 e. The first kappa shape index (κ1) is 16.8. The molecule has 8 heteroatoms. The van der Waals surface area contributed by atoms with Gasteiger partial charge in [-0.1, -0.05) is 0 Å². The van der Waals surface area contributed by atoms with E-state index in [9.17, 15) is 10.1 Å². The van der Waals surface area contributed by atoms with E-state index in [2.05, 4.69) is 25.4 Å². The highest BCUT2D eigenvalue weighted by Crippen LogP contribution is 2.20. The fraction of sp³-hybridized carbons (Fsp3) is 0.353. The number of nitrogens with zero attached hydrogens (tertiary/aromatic N) is 5. The van der Waals surface area contributed by atoms with Gasteiger partial charge in [0.2, 0.25) is 0 Å². The maximum atomic E-state index is 10.6. The van der Waals surface area contributed by atoms with Crippen LogP contribution in [0.1, 0.15) is 30.7 Å².